The summed E-state index contributed by atoms with van der Waals surface area (Å²) in [5.41, 5.74) is 0.689. The highest BCUT2D eigenvalue weighted by atomic mass is 19.1. The van der Waals surface area contributed by atoms with Crippen molar-refractivity contribution in [3.8, 4) is 6.07 Å². The first-order valence-electron chi connectivity index (χ1n) is 7.35. The molecular weight excluding hydrogens is 325 g/mol. The Bertz CT molecular complexity index is 914. The third kappa shape index (κ3) is 2.74. The zero-order valence-corrected chi connectivity index (χ0v) is 13.2. The fraction of sp³-hybridized carbons (Fsp3) is 0.111. The van der Waals surface area contributed by atoms with Crippen LogP contribution in [0.3, 0.4) is 0 Å². The molecule has 0 radical (unpaired) electrons. The molecule has 1 heterocycles. The summed E-state index contributed by atoms with van der Waals surface area (Å²) in [6, 6.07) is 11.6. The van der Waals surface area contributed by atoms with Crippen LogP contribution in [0.1, 0.15) is 26.3 Å². The van der Waals surface area contributed by atoms with Gasteiger partial charge < -0.3 is 4.90 Å². The number of halogens is 1. The van der Waals surface area contributed by atoms with E-state index < -0.39 is 30.1 Å². The number of carbonyl (C=O) groups excluding carboxylic acids is 3. The monoisotopic (exact) mass is 337 g/mol. The molecule has 0 saturated carbocycles. The quantitative estimate of drug-likeness (QED) is 0.802. The third-order valence-corrected chi connectivity index (χ3v) is 3.99. The number of likely N-dealkylation sites (N-methyl/N-ethyl adjacent to an activating group) is 1. The van der Waals surface area contributed by atoms with Crippen LogP contribution in [0.5, 0.6) is 0 Å². The summed E-state index contributed by atoms with van der Waals surface area (Å²) in [6.45, 7) is -0.467. The van der Waals surface area contributed by atoms with Crippen LogP contribution in [0.15, 0.2) is 42.5 Å². The molecule has 25 heavy (non-hydrogen) atoms. The van der Waals surface area contributed by atoms with Gasteiger partial charge in [-0.1, -0.05) is 12.1 Å². The van der Waals surface area contributed by atoms with Crippen molar-refractivity contribution in [2.45, 2.75) is 0 Å². The molecule has 0 aliphatic carbocycles. The van der Waals surface area contributed by atoms with Gasteiger partial charge in [0.2, 0.25) is 5.91 Å². The fourth-order valence-corrected chi connectivity index (χ4v) is 2.65. The summed E-state index contributed by atoms with van der Waals surface area (Å²) < 4.78 is 13.2. The van der Waals surface area contributed by atoms with E-state index in [0.717, 1.165) is 21.9 Å². The van der Waals surface area contributed by atoms with Crippen molar-refractivity contribution in [2.24, 2.45) is 0 Å². The number of rotatable bonds is 3. The fourth-order valence-electron chi connectivity index (χ4n) is 2.65. The maximum absolute atomic E-state index is 13.2. The van der Waals surface area contributed by atoms with Crippen molar-refractivity contribution in [1.29, 1.82) is 5.26 Å². The van der Waals surface area contributed by atoms with Crippen LogP contribution in [0.2, 0.25) is 0 Å². The summed E-state index contributed by atoms with van der Waals surface area (Å²) in [7, 11) is 1.40. The second kappa shape index (κ2) is 6.17. The van der Waals surface area contributed by atoms with Crippen molar-refractivity contribution in [2.75, 3.05) is 18.5 Å². The van der Waals surface area contributed by atoms with E-state index >= 15 is 0 Å². The van der Waals surface area contributed by atoms with Gasteiger partial charge in [-0.25, -0.2) is 4.39 Å². The Hall–Kier alpha value is -3.53. The van der Waals surface area contributed by atoms with E-state index in [1.807, 2.05) is 6.07 Å². The summed E-state index contributed by atoms with van der Waals surface area (Å²) in [5.74, 6) is -2.25. The Morgan fingerprint density at radius 1 is 1.16 bits per heavy atom. The average molecular weight is 337 g/mol. The normalized spacial score (nSPS) is 12.8. The lowest BCUT2D eigenvalue weighted by Gasteiger charge is -2.21. The lowest BCUT2D eigenvalue weighted by atomic mass is 10.1. The molecule has 0 bridgehead atoms. The zero-order chi connectivity index (χ0) is 18.1. The van der Waals surface area contributed by atoms with Crippen LogP contribution >= 0.6 is 0 Å². The Morgan fingerprint density at radius 3 is 2.32 bits per heavy atom. The van der Waals surface area contributed by atoms with Gasteiger partial charge in [0.1, 0.15) is 18.4 Å². The first-order valence-corrected chi connectivity index (χ1v) is 7.35. The number of hydrogen-bond acceptors (Lipinski definition) is 4. The van der Waals surface area contributed by atoms with Gasteiger partial charge in [-0.05, 0) is 30.3 Å². The summed E-state index contributed by atoms with van der Waals surface area (Å²) in [6.07, 6.45) is 0. The van der Waals surface area contributed by atoms with E-state index in [1.54, 1.807) is 12.1 Å². The smallest absolute Gasteiger partial charge is 0.262 e. The SMILES string of the molecule is CN(C(=O)CN1C(=O)c2ccccc2C1=O)c1ccc(F)cc1C#N. The largest absolute Gasteiger partial charge is 0.313 e. The molecule has 6 nitrogen and oxygen atoms in total. The lowest BCUT2D eigenvalue weighted by Crippen LogP contribution is -2.41. The molecule has 0 spiro atoms. The first-order chi connectivity index (χ1) is 11.9. The Morgan fingerprint density at radius 2 is 1.76 bits per heavy atom. The molecule has 0 saturated heterocycles. The van der Waals surface area contributed by atoms with Gasteiger partial charge in [0.25, 0.3) is 11.8 Å². The van der Waals surface area contributed by atoms with Crippen LogP contribution in [0, 0.1) is 17.1 Å². The number of fused-ring (bicyclic) bond motifs is 1. The minimum atomic E-state index is -0.596. The van der Waals surface area contributed by atoms with Crippen LogP contribution < -0.4 is 4.90 Å². The Kier molecular flexibility index (Phi) is 4.03. The number of benzene rings is 2. The topological polar surface area (TPSA) is 81.5 Å². The summed E-state index contributed by atoms with van der Waals surface area (Å²) in [4.78, 5) is 39.1. The highest BCUT2D eigenvalue weighted by Crippen LogP contribution is 2.24. The molecule has 2 aromatic rings. The van der Waals surface area contributed by atoms with E-state index in [-0.39, 0.29) is 22.4 Å². The number of anilines is 1. The predicted molar refractivity (Wildman–Crippen MR) is 86.3 cm³/mol. The van der Waals surface area contributed by atoms with Gasteiger partial charge in [0.05, 0.1) is 22.4 Å². The van der Waals surface area contributed by atoms with Gasteiger partial charge in [0.15, 0.2) is 0 Å². The lowest BCUT2D eigenvalue weighted by molar-refractivity contribution is -0.118. The standard InChI is InChI=1S/C18H12FN3O3/c1-21(15-7-6-12(19)8-11(15)9-20)16(23)10-22-17(24)13-4-2-3-5-14(13)18(22)25/h2-8H,10H2,1H3. The minimum absolute atomic E-state index is 0.0155. The highest BCUT2D eigenvalue weighted by Gasteiger charge is 2.36. The number of imide groups is 1. The Labute approximate surface area is 142 Å². The predicted octanol–water partition coefficient (Wildman–Crippen LogP) is 1.96. The molecule has 1 aliphatic heterocycles. The molecule has 2 aromatic carbocycles. The van der Waals surface area contributed by atoms with Crippen molar-refractivity contribution in [1.82, 2.24) is 4.90 Å². The minimum Gasteiger partial charge on any atom is -0.313 e. The molecule has 1 aliphatic rings. The molecule has 0 atom stereocenters. The van der Waals surface area contributed by atoms with Crippen molar-refractivity contribution < 1.29 is 18.8 Å². The molecule has 3 amide bonds. The van der Waals surface area contributed by atoms with E-state index in [1.165, 1.54) is 25.2 Å². The molecular formula is C18H12FN3O3. The summed E-state index contributed by atoms with van der Waals surface area (Å²) in [5, 5.41) is 9.09. The summed E-state index contributed by atoms with van der Waals surface area (Å²) >= 11 is 0. The van der Waals surface area contributed by atoms with E-state index in [9.17, 15) is 18.8 Å². The van der Waals surface area contributed by atoms with Gasteiger partial charge >= 0.3 is 0 Å². The molecule has 7 heteroatoms. The molecule has 124 valence electrons. The third-order valence-electron chi connectivity index (χ3n) is 3.99. The van der Waals surface area contributed by atoms with Gasteiger partial charge in [-0.3, -0.25) is 19.3 Å². The second-order valence-electron chi connectivity index (χ2n) is 5.47. The van der Waals surface area contributed by atoms with Crippen LogP contribution in [0.4, 0.5) is 10.1 Å². The number of nitrogens with zero attached hydrogens (tertiary/aromatic N) is 3. The molecule has 3 rings (SSSR count). The number of amides is 3. The van der Waals surface area contributed by atoms with E-state index in [4.69, 9.17) is 5.26 Å². The van der Waals surface area contributed by atoms with Crippen LogP contribution in [0.25, 0.3) is 0 Å². The first kappa shape index (κ1) is 16.3. The molecule has 0 aromatic heterocycles. The van der Waals surface area contributed by atoms with Gasteiger partial charge in [0, 0.05) is 7.05 Å². The van der Waals surface area contributed by atoms with Crippen LogP contribution in [-0.2, 0) is 4.79 Å². The zero-order valence-electron chi connectivity index (χ0n) is 13.2. The van der Waals surface area contributed by atoms with Crippen molar-refractivity contribution in [3.63, 3.8) is 0 Å². The maximum Gasteiger partial charge on any atom is 0.262 e. The van der Waals surface area contributed by atoms with Gasteiger partial charge in [-0.2, -0.15) is 5.26 Å². The van der Waals surface area contributed by atoms with Crippen molar-refractivity contribution in [3.05, 3.63) is 65.0 Å². The number of nitriles is 1. The molecule has 0 fully saturated rings. The molecule has 0 N–H and O–H groups in total. The van der Waals surface area contributed by atoms with Crippen molar-refractivity contribution >= 4 is 23.4 Å². The molecule has 0 unspecified atom stereocenters. The highest BCUT2D eigenvalue weighted by molar-refractivity contribution is 6.22. The number of hydrogen-bond donors (Lipinski definition) is 0. The number of carbonyl (C=O) groups is 3. The van der Waals surface area contributed by atoms with E-state index in [0.29, 0.717) is 0 Å². The average Bonchev–Trinajstić information content (AvgIpc) is 2.86. The maximum atomic E-state index is 13.2. The second-order valence-corrected chi connectivity index (χ2v) is 5.47. The van der Waals surface area contributed by atoms with Gasteiger partial charge in [-0.15, -0.1) is 0 Å². The Balaban J connectivity index is 1.83. The van der Waals surface area contributed by atoms with Crippen LogP contribution in [-0.4, -0.2) is 36.2 Å². The van der Waals surface area contributed by atoms with E-state index in [2.05, 4.69) is 0 Å².